The van der Waals surface area contributed by atoms with Gasteiger partial charge in [0.2, 0.25) is 0 Å². The molecule has 0 unspecified atom stereocenters. The first-order chi connectivity index (χ1) is 5.86. The summed E-state index contributed by atoms with van der Waals surface area (Å²) in [4.78, 5) is 0. The van der Waals surface area contributed by atoms with E-state index in [0.29, 0.717) is 0 Å². The van der Waals surface area contributed by atoms with E-state index in [1.807, 2.05) is 12.1 Å². The zero-order chi connectivity index (χ0) is 8.81. The molecule has 13 heavy (non-hydrogen) atoms. The van der Waals surface area contributed by atoms with Gasteiger partial charge in [-0.15, -0.1) is 0 Å². The third-order valence-corrected chi connectivity index (χ3v) is 2.38. The van der Waals surface area contributed by atoms with Crippen LogP contribution in [0.5, 0.6) is 5.75 Å². The number of hydrogen-bond acceptors (Lipinski definition) is 1. The number of ether oxygens (including phenoxy) is 1. The van der Waals surface area contributed by atoms with Crippen molar-refractivity contribution in [1.82, 2.24) is 0 Å². The Labute approximate surface area is 94.2 Å². The first-order valence-electron chi connectivity index (χ1n) is 4.19. The normalized spacial score (nSPS) is 10.0. The molecule has 0 aliphatic heterocycles. The van der Waals surface area contributed by atoms with Crippen LogP contribution < -0.4 is 28.9 Å². The number of benzene rings is 1. The van der Waals surface area contributed by atoms with Crippen molar-refractivity contribution < 1.29 is 23.6 Å². The number of rotatable bonds is 4. The molecule has 0 radical (unpaired) electrons. The van der Waals surface area contributed by atoms with Crippen molar-refractivity contribution in [2.75, 3.05) is 13.3 Å². The Balaban J connectivity index is 0.00000144. The SMILES string of the molecule is CCCOc1ccc([P-]C)cc1.[Li+]. The maximum absolute atomic E-state index is 5.45. The van der Waals surface area contributed by atoms with Crippen molar-refractivity contribution >= 4 is 13.9 Å². The molecule has 0 aliphatic carbocycles. The molecule has 1 rings (SSSR count). The summed E-state index contributed by atoms with van der Waals surface area (Å²) in [6, 6.07) is 8.27. The summed E-state index contributed by atoms with van der Waals surface area (Å²) >= 11 is 0. The number of hydrogen-bond donors (Lipinski definition) is 0. The Morgan fingerprint density at radius 1 is 1.23 bits per heavy atom. The Morgan fingerprint density at radius 2 is 1.85 bits per heavy atom. The minimum Gasteiger partial charge on any atom is -0.510 e. The van der Waals surface area contributed by atoms with E-state index in [2.05, 4.69) is 25.7 Å². The smallest absolute Gasteiger partial charge is 0.510 e. The average molecular weight is 188 g/mol. The van der Waals surface area contributed by atoms with Gasteiger partial charge in [-0.3, -0.25) is 0 Å². The maximum atomic E-state index is 5.45. The van der Waals surface area contributed by atoms with Gasteiger partial charge in [0.15, 0.2) is 0 Å². The van der Waals surface area contributed by atoms with Crippen LogP contribution in [0.25, 0.3) is 0 Å². The minimum atomic E-state index is 0. The van der Waals surface area contributed by atoms with Gasteiger partial charge in [-0.2, -0.15) is 6.66 Å². The molecule has 0 bridgehead atoms. The van der Waals surface area contributed by atoms with Gasteiger partial charge in [-0.1, -0.05) is 19.1 Å². The molecule has 0 N–H and O–H groups in total. The zero-order valence-corrected chi connectivity index (χ0v) is 9.47. The molecule has 3 heteroatoms. The first-order valence-corrected chi connectivity index (χ1v) is 5.53. The van der Waals surface area contributed by atoms with E-state index in [1.54, 1.807) is 0 Å². The standard InChI is InChI=1S/C10H14OP.Li/c1-3-8-11-9-4-6-10(12-2)7-5-9;/h4-7H,3,8H2,1-2H3;/q-1;+1. The van der Waals surface area contributed by atoms with E-state index in [4.69, 9.17) is 4.74 Å². The van der Waals surface area contributed by atoms with Crippen LogP contribution in [0, 0.1) is 0 Å². The molecule has 0 aliphatic rings. The topological polar surface area (TPSA) is 9.23 Å². The van der Waals surface area contributed by atoms with Crippen LogP contribution in [0.4, 0.5) is 0 Å². The van der Waals surface area contributed by atoms with Gasteiger partial charge in [0.25, 0.3) is 0 Å². The molecule has 66 valence electrons. The Kier molecular flexibility index (Phi) is 7.48. The zero-order valence-electron chi connectivity index (χ0n) is 8.58. The van der Waals surface area contributed by atoms with Crippen molar-refractivity contribution in [3.05, 3.63) is 24.3 Å². The van der Waals surface area contributed by atoms with Gasteiger partial charge >= 0.3 is 18.9 Å². The Morgan fingerprint density at radius 3 is 2.31 bits per heavy atom. The van der Waals surface area contributed by atoms with E-state index in [0.717, 1.165) is 18.8 Å². The fourth-order valence-electron chi connectivity index (χ4n) is 0.911. The Hall–Kier alpha value is 0.0474. The van der Waals surface area contributed by atoms with Crippen LogP contribution in [0.2, 0.25) is 0 Å². The average Bonchev–Trinajstić information content (AvgIpc) is 2.15. The van der Waals surface area contributed by atoms with E-state index >= 15 is 0 Å². The third kappa shape index (κ3) is 4.72. The second-order valence-corrected chi connectivity index (χ2v) is 3.53. The second kappa shape index (κ2) is 7.45. The quantitative estimate of drug-likeness (QED) is 0.465. The van der Waals surface area contributed by atoms with E-state index in [9.17, 15) is 0 Å². The monoisotopic (exact) mass is 188 g/mol. The van der Waals surface area contributed by atoms with Crippen molar-refractivity contribution in [2.45, 2.75) is 13.3 Å². The summed E-state index contributed by atoms with van der Waals surface area (Å²) in [6.45, 7) is 5.05. The molecule has 0 heterocycles. The predicted molar refractivity (Wildman–Crippen MR) is 54.7 cm³/mol. The summed E-state index contributed by atoms with van der Waals surface area (Å²) in [7, 11) is 1.31. The van der Waals surface area contributed by atoms with Crippen LogP contribution in [0.1, 0.15) is 13.3 Å². The third-order valence-electron chi connectivity index (χ3n) is 1.57. The van der Waals surface area contributed by atoms with Crippen LogP contribution in [-0.4, -0.2) is 13.3 Å². The largest absolute Gasteiger partial charge is 1.00 e. The summed E-state index contributed by atoms with van der Waals surface area (Å²) in [5.41, 5.74) is 0. The van der Waals surface area contributed by atoms with Crippen molar-refractivity contribution in [1.29, 1.82) is 0 Å². The molecule has 0 spiro atoms. The predicted octanol–water partition coefficient (Wildman–Crippen LogP) is -0.319. The molecule has 0 fully saturated rings. The molecule has 1 aromatic carbocycles. The molecule has 0 saturated heterocycles. The molecule has 0 saturated carbocycles. The van der Waals surface area contributed by atoms with Crippen molar-refractivity contribution in [3.63, 3.8) is 0 Å². The molecule has 1 aromatic rings. The second-order valence-electron chi connectivity index (χ2n) is 2.57. The van der Waals surface area contributed by atoms with Crippen LogP contribution in [0.15, 0.2) is 24.3 Å². The van der Waals surface area contributed by atoms with Crippen LogP contribution in [0.3, 0.4) is 0 Å². The Bertz CT molecular complexity index is 223. The van der Waals surface area contributed by atoms with Crippen LogP contribution in [-0.2, 0) is 0 Å². The summed E-state index contributed by atoms with van der Waals surface area (Å²) in [5, 5.41) is 1.33. The summed E-state index contributed by atoms with van der Waals surface area (Å²) < 4.78 is 5.45. The van der Waals surface area contributed by atoms with Crippen molar-refractivity contribution in [2.24, 2.45) is 0 Å². The molecular formula is C10H14LiOP. The fourth-order valence-corrected chi connectivity index (χ4v) is 1.36. The molecule has 1 nitrogen and oxygen atoms in total. The molecular weight excluding hydrogens is 174 g/mol. The van der Waals surface area contributed by atoms with Gasteiger partial charge in [0.1, 0.15) is 5.75 Å². The first kappa shape index (κ1) is 13.0. The van der Waals surface area contributed by atoms with E-state index in [1.165, 1.54) is 13.9 Å². The maximum Gasteiger partial charge on any atom is 1.00 e. The van der Waals surface area contributed by atoms with Gasteiger partial charge in [0, 0.05) is 0 Å². The van der Waals surface area contributed by atoms with Gasteiger partial charge in [0.05, 0.1) is 6.61 Å². The minimum absolute atomic E-state index is 0. The van der Waals surface area contributed by atoms with Gasteiger partial charge < -0.3 is 13.3 Å². The van der Waals surface area contributed by atoms with Gasteiger partial charge in [-0.05, 0) is 18.6 Å². The van der Waals surface area contributed by atoms with Crippen LogP contribution >= 0.6 is 8.58 Å². The fraction of sp³-hybridized carbons (Fsp3) is 0.400. The van der Waals surface area contributed by atoms with E-state index in [-0.39, 0.29) is 18.9 Å². The van der Waals surface area contributed by atoms with Crippen molar-refractivity contribution in [3.8, 4) is 5.75 Å². The molecule has 0 aromatic heterocycles. The summed E-state index contributed by atoms with van der Waals surface area (Å²) in [6.07, 6.45) is 1.06. The molecule has 0 atom stereocenters. The summed E-state index contributed by atoms with van der Waals surface area (Å²) in [5.74, 6) is 0.976. The van der Waals surface area contributed by atoms with Gasteiger partial charge in [-0.25, -0.2) is 5.30 Å². The molecule has 0 amide bonds. The van der Waals surface area contributed by atoms with E-state index < -0.39 is 0 Å².